The quantitative estimate of drug-likeness (QED) is 0.296. The predicted molar refractivity (Wildman–Crippen MR) is 97.8 cm³/mol. The van der Waals surface area contributed by atoms with Crippen LogP contribution in [0.4, 0.5) is 26.3 Å². The first-order chi connectivity index (χ1) is 15.4. The third kappa shape index (κ3) is 8.47. The van der Waals surface area contributed by atoms with E-state index in [0.717, 1.165) is 54.6 Å². The molecule has 0 spiro atoms. The van der Waals surface area contributed by atoms with Crippen LogP contribution in [0.3, 0.4) is 0 Å². The van der Waals surface area contributed by atoms with Gasteiger partial charge in [0.1, 0.15) is 34.9 Å². The van der Waals surface area contributed by atoms with Gasteiger partial charge in [-0.3, -0.25) is 0 Å². The number of benzene rings is 3. The number of rotatable bonds is 3. The van der Waals surface area contributed by atoms with E-state index in [-0.39, 0.29) is 26.2 Å². The number of hydrogen-bond acceptors (Lipinski definition) is 6. The number of carbonyl (C=O) groups excluding carboxylic acids is 3. The first kappa shape index (κ1) is 30.5. The van der Waals surface area contributed by atoms with Gasteiger partial charge in [-0.25, -0.2) is 26.3 Å². The normalized spacial score (nSPS) is 9.35. The van der Waals surface area contributed by atoms with Gasteiger partial charge in [0.15, 0.2) is 0 Å². The maximum absolute atomic E-state index is 12.4. The third-order valence-corrected chi connectivity index (χ3v) is 3.50. The Bertz CT molecular complexity index is 981. The Morgan fingerprint density at radius 2 is 0.588 bits per heavy atom. The molecule has 6 nitrogen and oxygen atoms in total. The van der Waals surface area contributed by atoms with Crippen molar-refractivity contribution in [2.45, 2.75) is 0 Å². The summed E-state index contributed by atoms with van der Waals surface area (Å²) in [6.07, 6.45) is 0. The summed E-state index contributed by atoms with van der Waals surface area (Å²) in [6, 6.07) is 8.37. The van der Waals surface area contributed by atoms with Gasteiger partial charge < -0.3 is 29.7 Å². The smallest absolute Gasteiger partial charge is 0.545 e. The van der Waals surface area contributed by atoms with E-state index < -0.39 is 69.5 Å². The number of carboxylic acids is 3. The maximum atomic E-state index is 12.4. The van der Waals surface area contributed by atoms with Crippen LogP contribution in [0.5, 0.6) is 0 Å². The molecule has 3 aromatic rings. The second-order valence-electron chi connectivity index (χ2n) is 5.65. The van der Waals surface area contributed by atoms with E-state index in [1.165, 1.54) is 0 Å². The number of aromatic carboxylic acids is 3. The molecule has 3 aromatic carbocycles. The van der Waals surface area contributed by atoms with Crippen molar-refractivity contribution >= 4 is 44.1 Å². The topological polar surface area (TPSA) is 120 Å². The molecule has 0 heterocycles. The third-order valence-electron chi connectivity index (χ3n) is 3.50. The van der Waals surface area contributed by atoms with E-state index in [2.05, 4.69) is 0 Å². The van der Waals surface area contributed by atoms with E-state index in [9.17, 15) is 56.0 Å². The van der Waals surface area contributed by atoms with E-state index >= 15 is 0 Å². The average Bonchev–Trinajstić information content (AvgIpc) is 2.68. The van der Waals surface area contributed by atoms with Crippen LogP contribution in [-0.4, -0.2) is 44.1 Å². The summed E-state index contributed by atoms with van der Waals surface area (Å²) in [6.45, 7) is 0. The summed E-state index contributed by atoms with van der Waals surface area (Å²) < 4.78 is 74.6. The SMILES string of the molecule is O=C([O-])c1c(F)cccc1F.O=C([O-])c1c(F)cccc1F.O=C([O-])c1c(F)cccc1F.[Bi+3]. The van der Waals surface area contributed by atoms with Gasteiger partial charge in [0, 0.05) is 0 Å². The molecule has 0 atom stereocenters. The maximum Gasteiger partial charge on any atom is 3.00 e. The zero-order chi connectivity index (χ0) is 25.3. The van der Waals surface area contributed by atoms with Gasteiger partial charge in [-0.2, -0.15) is 0 Å². The molecule has 0 saturated carbocycles. The fourth-order valence-electron chi connectivity index (χ4n) is 2.08. The van der Waals surface area contributed by atoms with Crippen molar-refractivity contribution in [2.75, 3.05) is 0 Å². The monoisotopic (exact) mass is 680 g/mol. The zero-order valence-corrected chi connectivity index (χ0v) is 19.8. The molecule has 0 aliphatic heterocycles. The van der Waals surface area contributed by atoms with Gasteiger partial charge in [-0.15, -0.1) is 0 Å². The van der Waals surface area contributed by atoms with E-state index in [0.29, 0.717) is 0 Å². The van der Waals surface area contributed by atoms with Gasteiger partial charge in [0.05, 0.1) is 34.6 Å². The van der Waals surface area contributed by atoms with E-state index in [1.807, 2.05) is 0 Å². The molecule has 13 heteroatoms. The van der Waals surface area contributed by atoms with Crippen molar-refractivity contribution in [3.63, 3.8) is 0 Å². The molecule has 0 aliphatic rings. The summed E-state index contributed by atoms with van der Waals surface area (Å²) >= 11 is 0. The van der Waals surface area contributed by atoms with Crippen LogP contribution in [0.15, 0.2) is 54.6 Å². The predicted octanol–water partition coefficient (Wildman–Crippen LogP) is 0.604. The van der Waals surface area contributed by atoms with Crippen LogP contribution in [0.25, 0.3) is 0 Å². The molecule has 0 unspecified atom stereocenters. The Balaban J connectivity index is 0.000000473. The van der Waals surface area contributed by atoms with E-state index in [1.54, 1.807) is 0 Å². The second kappa shape index (κ2) is 13.9. The molecule has 0 aromatic heterocycles. The first-order valence-electron chi connectivity index (χ1n) is 8.34. The van der Waals surface area contributed by atoms with Crippen LogP contribution in [-0.2, 0) is 0 Å². The molecular weight excluding hydrogens is 671 g/mol. The standard InChI is InChI=1S/3C7H4F2O2.Bi/c3*8-4-2-1-3-5(9)6(4)7(10)11;/h3*1-3H,(H,10,11);/q;;;+3/p-3. The van der Waals surface area contributed by atoms with E-state index in [4.69, 9.17) is 0 Å². The summed E-state index contributed by atoms with van der Waals surface area (Å²) in [5.74, 6) is -12.3. The van der Waals surface area contributed by atoms with Crippen LogP contribution in [0.1, 0.15) is 31.1 Å². The molecule has 3 rings (SSSR count). The van der Waals surface area contributed by atoms with Gasteiger partial charge in [-0.1, -0.05) is 18.2 Å². The number of halogens is 6. The van der Waals surface area contributed by atoms with Gasteiger partial charge >= 0.3 is 26.2 Å². The van der Waals surface area contributed by atoms with Crippen LogP contribution < -0.4 is 15.3 Å². The fraction of sp³-hybridized carbons (Fsp3) is 0. The van der Waals surface area contributed by atoms with Gasteiger partial charge in [0.2, 0.25) is 0 Å². The molecule has 0 N–H and O–H groups in total. The molecule has 34 heavy (non-hydrogen) atoms. The number of hydrogen-bond donors (Lipinski definition) is 0. The first-order valence-corrected chi connectivity index (χ1v) is 8.34. The zero-order valence-electron chi connectivity index (χ0n) is 16.4. The fourth-order valence-corrected chi connectivity index (χ4v) is 2.08. The number of carbonyl (C=O) groups is 3. The minimum atomic E-state index is -1.85. The molecule has 0 amide bonds. The van der Waals surface area contributed by atoms with Crippen LogP contribution in [0.2, 0.25) is 0 Å². The van der Waals surface area contributed by atoms with Crippen molar-refractivity contribution in [3.05, 3.63) is 106 Å². The van der Waals surface area contributed by atoms with Crippen molar-refractivity contribution in [2.24, 2.45) is 0 Å². The van der Waals surface area contributed by atoms with Gasteiger partial charge in [0.25, 0.3) is 0 Å². The largest absolute Gasteiger partial charge is 3.00 e. The van der Waals surface area contributed by atoms with Crippen molar-refractivity contribution in [1.82, 2.24) is 0 Å². The Morgan fingerprint density at radius 1 is 0.441 bits per heavy atom. The Kier molecular flexibility index (Phi) is 12.5. The van der Waals surface area contributed by atoms with Crippen LogP contribution >= 0.6 is 0 Å². The van der Waals surface area contributed by atoms with Gasteiger partial charge in [-0.05, 0) is 36.4 Å². The minimum absolute atomic E-state index is 0. The van der Waals surface area contributed by atoms with Crippen molar-refractivity contribution in [1.29, 1.82) is 0 Å². The van der Waals surface area contributed by atoms with Crippen molar-refractivity contribution < 1.29 is 56.0 Å². The van der Waals surface area contributed by atoms with Crippen molar-refractivity contribution in [3.8, 4) is 0 Å². The molecule has 0 bridgehead atoms. The molecule has 0 saturated heterocycles. The Labute approximate surface area is 206 Å². The summed E-state index contributed by atoms with van der Waals surface area (Å²) in [7, 11) is 0. The molecule has 176 valence electrons. The second-order valence-corrected chi connectivity index (χ2v) is 5.65. The average molecular weight is 680 g/mol. The minimum Gasteiger partial charge on any atom is -0.545 e. The summed E-state index contributed by atoms with van der Waals surface area (Å²) in [4.78, 5) is 30.2. The summed E-state index contributed by atoms with van der Waals surface area (Å²) in [5.41, 5.74) is -3.06. The molecule has 0 fully saturated rings. The molecule has 0 aliphatic carbocycles. The van der Waals surface area contributed by atoms with Crippen LogP contribution in [0, 0.1) is 34.9 Å². The summed E-state index contributed by atoms with van der Waals surface area (Å²) in [5, 5.41) is 30.2. The molecule has 2 radical (unpaired) electrons. The Morgan fingerprint density at radius 3 is 0.676 bits per heavy atom. The number of carboxylic acid groups (broad SMARTS) is 3. The Hall–Kier alpha value is -3.47. The molecular formula is C21H9BiF6O6.